The van der Waals surface area contributed by atoms with Crippen LogP contribution in [0.15, 0.2) is 29.8 Å². The zero-order chi connectivity index (χ0) is 12.1. The minimum absolute atomic E-state index is 0.0888. The molecule has 82 valence electrons. The molecule has 1 amide bonds. The monoisotopic (exact) mass is 219 g/mol. The van der Waals surface area contributed by atoms with E-state index in [1.165, 1.54) is 24.3 Å². The smallest absolute Gasteiger partial charge is 0.276 e. The Hall–Kier alpha value is -2.19. The Balaban J connectivity index is 3.21. The van der Waals surface area contributed by atoms with Crippen LogP contribution in [0.3, 0.4) is 0 Å². The van der Waals surface area contributed by atoms with Crippen molar-refractivity contribution in [1.82, 2.24) is 5.43 Å². The first-order valence-electron chi connectivity index (χ1n) is 4.48. The van der Waals surface area contributed by atoms with Gasteiger partial charge in [0.25, 0.3) is 5.91 Å². The maximum atomic E-state index is 12.7. The summed E-state index contributed by atoms with van der Waals surface area (Å²) >= 11 is 0. The minimum Gasteiger partial charge on any atom is -0.290 e. The summed E-state index contributed by atoms with van der Waals surface area (Å²) in [5.74, 6) is 3.90. The van der Waals surface area contributed by atoms with Crippen LogP contribution in [0.25, 0.3) is 5.57 Å². The lowest BCUT2D eigenvalue weighted by Gasteiger charge is -2.04. The number of hydrogen-bond donors (Lipinski definition) is 2. The highest BCUT2D eigenvalue weighted by molar-refractivity contribution is 6.04. The van der Waals surface area contributed by atoms with Gasteiger partial charge in [-0.25, -0.2) is 10.2 Å². The molecule has 0 radical (unpaired) electrons. The van der Waals surface area contributed by atoms with E-state index in [1.807, 2.05) is 5.43 Å². The molecule has 5 heteroatoms. The van der Waals surface area contributed by atoms with Crippen molar-refractivity contribution in [1.29, 1.82) is 5.26 Å². The minimum atomic E-state index is -0.663. The molecule has 4 nitrogen and oxygen atoms in total. The molecule has 0 aliphatic carbocycles. The molecule has 0 aliphatic heterocycles. The van der Waals surface area contributed by atoms with Gasteiger partial charge in [0.05, 0.1) is 0 Å². The third-order valence-corrected chi connectivity index (χ3v) is 2.12. The lowest BCUT2D eigenvalue weighted by molar-refractivity contribution is -0.117. The molecule has 0 saturated heterocycles. The summed E-state index contributed by atoms with van der Waals surface area (Å²) in [5.41, 5.74) is 2.84. The normalized spacial score (nSPS) is 11.4. The zero-order valence-electron chi connectivity index (χ0n) is 8.62. The first-order valence-corrected chi connectivity index (χ1v) is 4.48. The molecule has 0 aromatic heterocycles. The van der Waals surface area contributed by atoms with E-state index in [0.29, 0.717) is 11.1 Å². The van der Waals surface area contributed by atoms with Crippen molar-refractivity contribution in [3.05, 3.63) is 41.2 Å². The van der Waals surface area contributed by atoms with Gasteiger partial charge in [0.1, 0.15) is 17.5 Å². The number of carbonyl (C=O) groups excluding carboxylic acids is 1. The molecule has 0 fully saturated rings. The highest BCUT2D eigenvalue weighted by Gasteiger charge is 2.12. The number of nitrogens with two attached hydrogens (primary N) is 1. The largest absolute Gasteiger partial charge is 0.290 e. The Labute approximate surface area is 92.1 Å². The summed E-state index contributed by atoms with van der Waals surface area (Å²) < 4.78 is 12.7. The summed E-state index contributed by atoms with van der Waals surface area (Å²) in [6, 6.07) is 7.26. The number of nitrogens with zero attached hydrogens (tertiary/aromatic N) is 1. The second-order valence-electron chi connectivity index (χ2n) is 3.09. The average molecular weight is 219 g/mol. The number of hydrazine groups is 1. The van der Waals surface area contributed by atoms with Gasteiger partial charge in [-0.3, -0.25) is 10.2 Å². The highest BCUT2D eigenvalue weighted by Crippen LogP contribution is 2.18. The van der Waals surface area contributed by atoms with Crippen molar-refractivity contribution < 1.29 is 9.18 Å². The van der Waals surface area contributed by atoms with Gasteiger partial charge in [-0.1, -0.05) is 12.1 Å². The second-order valence-corrected chi connectivity index (χ2v) is 3.09. The summed E-state index contributed by atoms with van der Waals surface area (Å²) in [5, 5.41) is 8.82. The van der Waals surface area contributed by atoms with Crippen molar-refractivity contribution in [3.63, 3.8) is 0 Å². The molecule has 0 aliphatic rings. The fourth-order valence-corrected chi connectivity index (χ4v) is 1.22. The van der Waals surface area contributed by atoms with E-state index in [2.05, 4.69) is 0 Å². The molecule has 1 aromatic rings. The molecule has 0 heterocycles. The lowest BCUT2D eigenvalue weighted by atomic mass is 10.0. The standard InChI is InChI=1S/C11H10FN3O/c1-7(10(6-13)11(16)15-14)8-2-4-9(12)5-3-8/h2-5H,14H2,1H3,(H,15,16)/b10-7-. The number of hydrogen-bond acceptors (Lipinski definition) is 3. The quantitative estimate of drug-likeness (QED) is 0.257. The van der Waals surface area contributed by atoms with Gasteiger partial charge in [0.15, 0.2) is 0 Å². The van der Waals surface area contributed by atoms with E-state index in [0.717, 1.165) is 0 Å². The number of benzene rings is 1. The first kappa shape index (κ1) is 11.9. The van der Waals surface area contributed by atoms with Crippen LogP contribution in [0.4, 0.5) is 4.39 Å². The maximum absolute atomic E-state index is 12.7. The molecule has 0 atom stereocenters. The van der Waals surface area contributed by atoms with Crippen LogP contribution >= 0.6 is 0 Å². The number of nitriles is 1. The predicted octanol–water partition coefficient (Wildman–Crippen LogP) is 1.11. The molecule has 0 unspecified atom stereocenters. The van der Waals surface area contributed by atoms with Crippen LogP contribution in [0.2, 0.25) is 0 Å². The molecule has 3 N–H and O–H groups in total. The van der Waals surface area contributed by atoms with E-state index >= 15 is 0 Å². The number of rotatable bonds is 2. The molecular weight excluding hydrogens is 209 g/mol. The van der Waals surface area contributed by atoms with Gasteiger partial charge in [-0.15, -0.1) is 0 Å². The molecule has 0 spiro atoms. The van der Waals surface area contributed by atoms with Crippen LogP contribution < -0.4 is 11.3 Å². The zero-order valence-corrected chi connectivity index (χ0v) is 8.62. The summed E-state index contributed by atoms with van der Waals surface area (Å²) in [6.07, 6.45) is 0. The van der Waals surface area contributed by atoms with Crippen LogP contribution in [-0.2, 0) is 4.79 Å². The van der Waals surface area contributed by atoms with E-state index in [1.54, 1.807) is 13.0 Å². The SMILES string of the molecule is C/C(=C(\C#N)C(=O)NN)c1ccc(F)cc1. The van der Waals surface area contributed by atoms with Crippen LogP contribution in [0.1, 0.15) is 12.5 Å². The van der Waals surface area contributed by atoms with Crippen molar-refractivity contribution in [3.8, 4) is 6.07 Å². The molecular formula is C11H10FN3O. The Morgan fingerprint density at radius 3 is 2.44 bits per heavy atom. The van der Waals surface area contributed by atoms with Gasteiger partial charge >= 0.3 is 0 Å². The average Bonchev–Trinajstić information content (AvgIpc) is 2.30. The van der Waals surface area contributed by atoms with Crippen molar-refractivity contribution in [2.75, 3.05) is 0 Å². The van der Waals surface area contributed by atoms with E-state index in [-0.39, 0.29) is 11.4 Å². The number of carbonyl (C=O) groups is 1. The third-order valence-electron chi connectivity index (χ3n) is 2.12. The topological polar surface area (TPSA) is 78.9 Å². The third kappa shape index (κ3) is 2.43. The number of nitrogens with one attached hydrogen (secondary N) is 1. The Morgan fingerprint density at radius 2 is 2.00 bits per heavy atom. The van der Waals surface area contributed by atoms with Gasteiger partial charge in [-0.2, -0.15) is 5.26 Å². The predicted molar refractivity (Wildman–Crippen MR) is 56.9 cm³/mol. The molecule has 1 rings (SSSR count). The summed E-state index contributed by atoms with van der Waals surface area (Å²) in [4.78, 5) is 11.2. The maximum Gasteiger partial charge on any atom is 0.276 e. The summed E-state index contributed by atoms with van der Waals surface area (Å²) in [7, 11) is 0. The van der Waals surface area contributed by atoms with Gasteiger partial charge in [0.2, 0.25) is 0 Å². The van der Waals surface area contributed by atoms with Gasteiger partial charge in [0, 0.05) is 0 Å². The van der Waals surface area contributed by atoms with Crippen LogP contribution in [0.5, 0.6) is 0 Å². The Morgan fingerprint density at radius 1 is 1.44 bits per heavy atom. The van der Waals surface area contributed by atoms with Crippen LogP contribution in [0, 0.1) is 17.1 Å². The van der Waals surface area contributed by atoms with Crippen LogP contribution in [-0.4, -0.2) is 5.91 Å². The number of halogens is 1. The van der Waals surface area contributed by atoms with Gasteiger partial charge in [-0.05, 0) is 30.2 Å². The van der Waals surface area contributed by atoms with Gasteiger partial charge < -0.3 is 0 Å². The molecule has 1 aromatic carbocycles. The first-order chi connectivity index (χ1) is 7.60. The fourth-order valence-electron chi connectivity index (χ4n) is 1.22. The van der Waals surface area contributed by atoms with Crippen molar-refractivity contribution in [2.24, 2.45) is 5.84 Å². The van der Waals surface area contributed by atoms with Crippen molar-refractivity contribution in [2.45, 2.75) is 6.92 Å². The molecule has 0 saturated carbocycles. The number of amides is 1. The number of allylic oxidation sites excluding steroid dienone is 1. The Kier molecular flexibility index (Phi) is 3.75. The fraction of sp³-hybridized carbons (Fsp3) is 0.0909. The second kappa shape index (κ2) is 5.05. The Bertz CT molecular complexity index is 471. The molecule has 16 heavy (non-hydrogen) atoms. The lowest BCUT2D eigenvalue weighted by Crippen LogP contribution is -2.31. The van der Waals surface area contributed by atoms with E-state index in [9.17, 15) is 9.18 Å². The van der Waals surface area contributed by atoms with E-state index < -0.39 is 5.91 Å². The van der Waals surface area contributed by atoms with E-state index in [4.69, 9.17) is 11.1 Å². The highest BCUT2D eigenvalue weighted by atomic mass is 19.1. The van der Waals surface area contributed by atoms with Crippen molar-refractivity contribution >= 4 is 11.5 Å². The summed E-state index contributed by atoms with van der Waals surface area (Å²) in [6.45, 7) is 1.60. The molecule has 0 bridgehead atoms.